The first kappa shape index (κ1) is 25.7. The van der Waals surface area contributed by atoms with E-state index in [9.17, 15) is 8.42 Å². The molecule has 5 rings (SSSR count). The molecule has 1 saturated heterocycles. The van der Waals surface area contributed by atoms with Crippen molar-refractivity contribution in [2.45, 2.75) is 76.3 Å². The second kappa shape index (κ2) is 10.4. The van der Waals surface area contributed by atoms with E-state index in [1.54, 1.807) is 12.1 Å². The SMILES string of the molecule is CCC(CC)N1CCC2C[C@@H](C1)Oc1cc(-c3c(C)cccc3C)nc(n1)NS(=O)(=O)c1cccc2c1. The topological polar surface area (TPSA) is 84.4 Å². The lowest BCUT2D eigenvalue weighted by atomic mass is 9.91. The number of nitrogens with zero attached hydrogens (tertiary/aromatic N) is 3. The highest BCUT2D eigenvalue weighted by atomic mass is 32.2. The fraction of sp³-hybridized carbons (Fsp3) is 0.448. The van der Waals surface area contributed by atoms with Crippen molar-refractivity contribution < 1.29 is 13.2 Å². The lowest BCUT2D eigenvalue weighted by molar-refractivity contribution is 0.106. The number of fused-ring (bicyclic) bond motifs is 7. The van der Waals surface area contributed by atoms with Crippen LogP contribution in [0.4, 0.5) is 5.95 Å². The van der Waals surface area contributed by atoms with E-state index < -0.39 is 10.0 Å². The van der Waals surface area contributed by atoms with Crippen LogP contribution >= 0.6 is 0 Å². The maximum Gasteiger partial charge on any atom is 0.264 e. The Morgan fingerprint density at radius 3 is 2.51 bits per heavy atom. The molecule has 8 heteroatoms. The lowest BCUT2D eigenvalue weighted by Gasteiger charge is -2.31. The van der Waals surface area contributed by atoms with E-state index in [1.165, 1.54) is 0 Å². The summed E-state index contributed by atoms with van der Waals surface area (Å²) in [5, 5.41) is 0. The average Bonchev–Trinajstić information content (AvgIpc) is 3.07. The molecule has 2 aromatic carbocycles. The second-order valence-corrected chi connectivity index (χ2v) is 12.0. The molecule has 1 N–H and O–H groups in total. The van der Waals surface area contributed by atoms with E-state index >= 15 is 0 Å². The summed E-state index contributed by atoms with van der Waals surface area (Å²) in [6, 6.07) is 15.7. The van der Waals surface area contributed by atoms with Gasteiger partial charge in [-0.15, -0.1) is 0 Å². The number of benzene rings is 2. The van der Waals surface area contributed by atoms with Crippen LogP contribution in [-0.4, -0.2) is 48.5 Å². The summed E-state index contributed by atoms with van der Waals surface area (Å²) in [7, 11) is -3.88. The predicted octanol–water partition coefficient (Wildman–Crippen LogP) is 5.69. The fourth-order valence-corrected chi connectivity index (χ4v) is 6.87. The number of aryl methyl sites for hydroxylation is 2. The van der Waals surface area contributed by atoms with Crippen LogP contribution in [0.5, 0.6) is 5.88 Å². The molecule has 2 aliphatic heterocycles. The fourth-order valence-electron chi connectivity index (χ4n) is 5.87. The molecule has 2 atom stereocenters. The standard InChI is InChI=1S/C29H36N4O3S/c1-5-23(6-2)33-14-13-22-15-24(18-33)36-27-17-26(28-19(3)9-7-10-20(28)4)30-29(31-27)32-37(34,35)25-12-8-11-21(22)16-25/h7-12,16-17,22-24H,5-6,13-15,18H2,1-4H3,(H,30,31,32)/t22?,24-/m0/s1. The van der Waals surface area contributed by atoms with E-state index in [1.807, 2.05) is 50.2 Å². The normalized spacial score (nSPS) is 21.2. The Labute approximate surface area is 220 Å². The van der Waals surface area contributed by atoms with Crippen LogP contribution in [0.15, 0.2) is 53.4 Å². The number of sulfonamides is 1. The summed E-state index contributed by atoms with van der Waals surface area (Å²) in [5.74, 6) is 0.603. The van der Waals surface area contributed by atoms with E-state index in [4.69, 9.17) is 4.74 Å². The molecule has 7 nitrogen and oxygen atoms in total. The second-order valence-electron chi connectivity index (χ2n) is 10.3. The van der Waals surface area contributed by atoms with Gasteiger partial charge in [-0.05, 0) is 80.8 Å². The van der Waals surface area contributed by atoms with Crippen LogP contribution in [-0.2, 0) is 10.0 Å². The van der Waals surface area contributed by atoms with E-state index in [2.05, 4.69) is 33.4 Å². The number of ether oxygens (including phenoxy) is 1. The Morgan fingerprint density at radius 1 is 1.05 bits per heavy atom. The van der Waals surface area contributed by atoms with Crippen molar-refractivity contribution in [3.8, 4) is 17.1 Å². The zero-order valence-corrected chi connectivity index (χ0v) is 22.9. The van der Waals surface area contributed by atoms with E-state index in [0.717, 1.165) is 61.0 Å². The summed E-state index contributed by atoms with van der Waals surface area (Å²) in [6.45, 7) is 10.3. The van der Waals surface area contributed by atoms with Gasteiger partial charge in [0.25, 0.3) is 10.0 Å². The molecule has 3 aromatic rings. The maximum absolute atomic E-state index is 13.4. The van der Waals surface area contributed by atoms with Gasteiger partial charge in [0.05, 0.1) is 10.6 Å². The van der Waals surface area contributed by atoms with Crippen molar-refractivity contribution in [2.24, 2.45) is 0 Å². The third kappa shape index (κ3) is 5.36. The van der Waals surface area contributed by atoms with Gasteiger partial charge in [-0.1, -0.05) is 44.2 Å². The minimum atomic E-state index is -3.88. The smallest absolute Gasteiger partial charge is 0.264 e. The Bertz CT molecular complexity index is 1370. The molecule has 0 radical (unpaired) electrons. The number of aromatic nitrogens is 2. The largest absolute Gasteiger partial charge is 0.473 e. The third-order valence-electron chi connectivity index (χ3n) is 7.80. The molecule has 6 bridgehead atoms. The minimum Gasteiger partial charge on any atom is -0.473 e. The van der Waals surface area contributed by atoms with Gasteiger partial charge in [0.15, 0.2) is 0 Å². The van der Waals surface area contributed by atoms with Crippen LogP contribution in [0.2, 0.25) is 0 Å². The summed E-state index contributed by atoms with van der Waals surface area (Å²) in [5.41, 5.74) is 4.75. The highest BCUT2D eigenvalue weighted by molar-refractivity contribution is 7.92. The summed E-state index contributed by atoms with van der Waals surface area (Å²) in [6.07, 6.45) is 3.84. The number of likely N-dealkylation sites (tertiary alicyclic amines) is 1. The highest BCUT2D eigenvalue weighted by Crippen LogP contribution is 2.35. The Balaban J connectivity index is 1.65. The van der Waals surface area contributed by atoms with Gasteiger partial charge in [0.1, 0.15) is 6.10 Å². The van der Waals surface area contributed by atoms with Crippen LogP contribution in [0, 0.1) is 13.8 Å². The number of nitrogens with one attached hydrogen (secondary N) is 1. The van der Waals surface area contributed by atoms with E-state index in [-0.39, 0.29) is 22.9 Å². The van der Waals surface area contributed by atoms with Gasteiger partial charge >= 0.3 is 0 Å². The number of rotatable bonds is 4. The molecule has 0 amide bonds. The quantitative estimate of drug-likeness (QED) is 0.476. The number of hydrogen-bond acceptors (Lipinski definition) is 6. The number of anilines is 1. The number of hydrogen-bond donors (Lipinski definition) is 1. The summed E-state index contributed by atoms with van der Waals surface area (Å²) in [4.78, 5) is 11.9. The first-order valence-electron chi connectivity index (χ1n) is 13.3. The van der Waals surface area contributed by atoms with Crippen molar-refractivity contribution in [3.05, 3.63) is 65.2 Å². The Kier molecular flexibility index (Phi) is 7.23. The van der Waals surface area contributed by atoms with Crippen LogP contribution in [0.3, 0.4) is 0 Å². The molecule has 37 heavy (non-hydrogen) atoms. The Morgan fingerprint density at radius 2 is 1.78 bits per heavy atom. The van der Waals surface area contributed by atoms with Crippen molar-refractivity contribution in [2.75, 3.05) is 17.8 Å². The molecule has 1 fully saturated rings. The van der Waals surface area contributed by atoms with Gasteiger partial charge in [-0.25, -0.2) is 18.1 Å². The van der Waals surface area contributed by atoms with Gasteiger partial charge in [-0.2, -0.15) is 4.98 Å². The van der Waals surface area contributed by atoms with Crippen molar-refractivity contribution in [1.82, 2.24) is 14.9 Å². The highest BCUT2D eigenvalue weighted by Gasteiger charge is 2.31. The van der Waals surface area contributed by atoms with Crippen LogP contribution in [0.1, 0.15) is 62.1 Å². The predicted molar refractivity (Wildman–Crippen MR) is 147 cm³/mol. The third-order valence-corrected chi connectivity index (χ3v) is 9.13. The van der Waals surface area contributed by atoms with Gasteiger partial charge < -0.3 is 4.74 Å². The zero-order valence-electron chi connectivity index (χ0n) is 22.1. The molecule has 0 aliphatic carbocycles. The first-order chi connectivity index (χ1) is 17.8. The van der Waals surface area contributed by atoms with Crippen LogP contribution in [0.25, 0.3) is 11.3 Å². The molecular formula is C29H36N4O3S. The molecule has 2 aliphatic rings. The molecule has 0 spiro atoms. The summed E-state index contributed by atoms with van der Waals surface area (Å²) >= 11 is 0. The molecule has 0 saturated carbocycles. The zero-order chi connectivity index (χ0) is 26.2. The molecule has 1 aromatic heterocycles. The Hall–Kier alpha value is -2.97. The average molecular weight is 521 g/mol. The summed E-state index contributed by atoms with van der Waals surface area (Å²) < 4.78 is 36.0. The van der Waals surface area contributed by atoms with Crippen molar-refractivity contribution in [3.63, 3.8) is 0 Å². The van der Waals surface area contributed by atoms with E-state index in [0.29, 0.717) is 17.6 Å². The molecule has 3 heterocycles. The lowest BCUT2D eigenvalue weighted by Crippen LogP contribution is -2.40. The molecular weight excluding hydrogens is 484 g/mol. The van der Waals surface area contributed by atoms with Gasteiger partial charge in [-0.3, -0.25) is 4.90 Å². The van der Waals surface area contributed by atoms with Gasteiger partial charge in [0, 0.05) is 24.2 Å². The molecule has 1 unspecified atom stereocenters. The maximum atomic E-state index is 13.4. The molecule has 196 valence electrons. The van der Waals surface area contributed by atoms with Crippen molar-refractivity contribution in [1.29, 1.82) is 0 Å². The minimum absolute atomic E-state index is 0.0168. The van der Waals surface area contributed by atoms with Crippen LogP contribution < -0.4 is 9.46 Å². The monoisotopic (exact) mass is 520 g/mol. The van der Waals surface area contributed by atoms with Crippen molar-refractivity contribution >= 4 is 16.0 Å². The first-order valence-corrected chi connectivity index (χ1v) is 14.7. The van der Waals surface area contributed by atoms with Gasteiger partial charge in [0.2, 0.25) is 11.8 Å².